The topological polar surface area (TPSA) is 38.9 Å². The Labute approximate surface area is 326 Å². The average Bonchev–Trinajstić information content (AvgIpc) is 3.50. The summed E-state index contributed by atoms with van der Waals surface area (Å²) in [5.41, 5.74) is 13.5. The molecule has 0 N–H and O–H groups in total. The van der Waals surface area contributed by atoms with Crippen molar-refractivity contribution in [2.45, 2.75) is 76.6 Å². The van der Waals surface area contributed by atoms with E-state index in [9.17, 15) is 0 Å². The molecule has 1 aliphatic carbocycles. The van der Waals surface area contributed by atoms with E-state index >= 15 is 0 Å². The minimum absolute atomic E-state index is 0. The molecular formula is C47H48GeIrN2O-2. The van der Waals surface area contributed by atoms with Gasteiger partial charge in [0.25, 0.3) is 0 Å². The average molecular weight is 922 g/mol. The Balaban J connectivity index is 0.000000230. The molecule has 52 heavy (non-hydrogen) atoms. The molecule has 0 aliphatic heterocycles. The Morgan fingerprint density at radius 2 is 1.54 bits per heavy atom. The number of furan rings is 1. The van der Waals surface area contributed by atoms with E-state index in [4.69, 9.17) is 9.40 Å². The van der Waals surface area contributed by atoms with Gasteiger partial charge in [-0.1, -0.05) is 84.5 Å². The van der Waals surface area contributed by atoms with Crippen LogP contribution >= 0.6 is 0 Å². The van der Waals surface area contributed by atoms with E-state index < -0.39 is 13.3 Å². The molecule has 0 amide bonds. The van der Waals surface area contributed by atoms with Crippen LogP contribution in [0.5, 0.6) is 0 Å². The number of fused-ring (bicyclic) bond motifs is 3. The van der Waals surface area contributed by atoms with Crippen LogP contribution in [-0.4, -0.2) is 23.2 Å². The summed E-state index contributed by atoms with van der Waals surface area (Å²) in [5, 5.41) is 2.26. The van der Waals surface area contributed by atoms with Crippen molar-refractivity contribution in [3.8, 4) is 33.6 Å². The molecule has 1 fully saturated rings. The SMILES string of the molecule is Cc1cc(C)c(-c2ccc3c(c2)oc2c(-c4cc(CC5CCCCC5)ccn4)[c-]ccc23)c(C)c1.[CH3][Ge]([CH3])([CH3])[c]1ccc(-c2[c-]cccc2)nc1.[Ir]. The van der Waals surface area contributed by atoms with Gasteiger partial charge in [-0.05, 0) is 73.2 Å². The number of nitrogens with zero attached hydrogens (tertiary/aromatic N) is 2. The van der Waals surface area contributed by atoms with Crippen molar-refractivity contribution in [1.82, 2.24) is 9.97 Å². The van der Waals surface area contributed by atoms with Crippen LogP contribution in [-0.2, 0) is 26.5 Å². The summed E-state index contributed by atoms with van der Waals surface area (Å²) < 4.78 is 7.97. The second-order valence-corrected chi connectivity index (χ2v) is 26.1. The first kappa shape index (κ1) is 37.9. The first-order valence-corrected chi connectivity index (χ1v) is 25.8. The van der Waals surface area contributed by atoms with Gasteiger partial charge >= 0.3 is 99.8 Å². The summed E-state index contributed by atoms with van der Waals surface area (Å²) in [4.78, 5) is 9.26. The summed E-state index contributed by atoms with van der Waals surface area (Å²) in [6.07, 6.45) is 12.0. The predicted molar refractivity (Wildman–Crippen MR) is 217 cm³/mol. The molecule has 0 saturated heterocycles. The van der Waals surface area contributed by atoms with Crippen molar-refractivity contribution in [2.24, 2.45) is 5.92 Å². The zero-order valence-corrected chi connectivity index (χ0v) is 35.8. The third-order valence-electron chi connectivity index (χ3n) is 10.3. The van der Waals surface area contributed by atoms with Crippen molar-refractivity contribution >= 4 is 39.6 Å². The van der Waals surface area contributed by atoms with E-state index in [-0.39, 0.29) is 20.1 Å². The van der Waals surface area contributed by atoms with Crippen molar-refractivity contribution in [3.63, 3.8) is 0 Å². The Morgan fingerprint density at radius 3 is 2.23 bits per heavy atom. The van der Waals surface area contributed by atoms with Gasteiger partial charge in [0.1, 0.15) is 5.58 Å². The fourth-order valence-corrected chi connectivity index (χ4v) is 9.91. The smallest absolute Gasteiger partial charge is 0 e. The van der Waals surface area contributed by atoms with Gasteiger partial charge in [0, 0.05) is 31.7 Å². The second kappa shape index (κ2) is 16.5. The second-order valence-electron chi connectivity index (χ2n) is 15.4. The molecule has 1 aliphatic rings. The summed E-state index contributed by atoms with van der Waals surface area (Å²) in [6, 6.07) is 38.6. The molecule has 5 heteroatoms. The maximum absolute atomic E-state index is 6.52. The molecule has 0 atom stereocenters. The molecule has 267 valence electrons. The third-order valence-corrected chi connectivity index (χ3v) is 14.6. The molecule has 0 spiro atoms. The van der Waals surface area contributed by atoms with E-state index in [1.54, 1.807) is 0 Å². The summed E-state index contributed by atoms with van der Waals surface area (Å²) in [7, 11) is 0. The first-order chi connectivity index (χ1) is 24.6. The van der Waals surface area contributed by atoms with E-state index in [1.165, 1.54) is 69.9 Å². The molecule has 7 aromatic rings. The zero-order chi connectivity index (χ0) is 35.5. The molecule has 0 unspecified atom stereocenters. The first-order valence-electron chi connectivity index (χ1n) is 18.5. The molecular weight excluding hydrogens is 873 g/mol. The fraction of sp³-hybridized carbons (Fsp3) is 0.277. The Kier molecular flexibility index (Phi) is 12.0. The number of hydrogen-bond acceptors (Lipinski definition) is 3. The summed E-state index contributed by atoms with van der Waals surface area (Å²) >= 11 is -1.72. The number of rotatable bonds is 6. The van der Waals surface area contributed by atoms with Crippen molar-refractivity contribution in [1.29, 1.82) is 0 Å². The molecule has 4 aromatic carbocycles. The van der Waals surface area contributed by atoms with Gasteiger partial charge in [0.15, 0.2) is 0 Å². The van der Waals surface area contributed by atoms with Gasteiger partial charge in [0.2, 0.25) is 0 Å². The van der Waals surface area contributed by atoms with Crippen molar-refractivity contribution in [3.05, 3.63) is 138 Å². The number of benzene rings is 4. The summed E-state index contributed by atoms with van der Waals surface area (Å²) in [6.45, 7) is 6.54. The number of pyridine rings is 2. The monoisotopic (exact) mass is 923 g/mol. The van der Waals surface area contributed by atoms with Gasteiger partial charge in [-0.25, -0.2) is 0 Å². The van der Waals surface area contributed by atoms with Crippen LogP contribution in [0.3, 0.4) is 0 Å². The molecule has 0 bridgehead atoms. The minimum Gasteiger partial charge on any atom is 0 e. The van der Waals surface area contributed by atoms with Gasteiger partial charge < -0.3 is 9.40 Å². The maximum atomic E-state index is 6.52. The van der Waals surface area contributed by atoms with E-state index in [0.717, 1.165) is 56.8 Å². The quantitative estimate of drug-likeness (QED) is 0.123. The van der Waals surface area contributed by atoms with Gasteiger partial charge in [0.05, 0.1) is 5.58 Å². The van der Waals surface area contributed by atoms with Crippen LogP contribution < -0.4 is 4.40 Å². The van der Waals surface area contributed by atoms with Crippen LogP contribution in [0.2, 0.25) is 17.3 Å². The van der Waals surface area contributed by atoms with Gasteiger partial charge in [-0.15, -0.1) is 18.2 Å². The van der Waals surface area contributed by atoms with Crippen molar-refractivity contribution in [2.75, 3.05) is 0 Å². The molecule has 3 nitrogen and oxygen atoms in total. The molecule has 8 rings (SSSR count). The Hall–Kier alpha value is -3.83. The zero-order valence-electron chi connectivity index (χ0n) is 31.3. The minimum atomic E-state index is -1.72. The number of hydrogen-bond donors (Lipinski definition) is 0. The van der Waals surface area contributed by atoms with Crippen LogP contribution in [0.1, 0.15) is 54.4 Å². The van der Waals surface area contributed by atoms with Crippen LogP contribution in [0.15, 0.2) is 108 Å². The van der Waals surface area contributed by atoms with Crippen LogP contribution in [0.4, 0.5) is 0 Å². The van der Waals surface area contributed by atoms with Crippen molar-refractivity contribution < 1.29 is 24.5 Å². The molecule has 3 aromatic heterocycles. The van der Waals surface area contributed by atoms with Crippen LogP contribution in [0, 0.1) is 38.8 Å². The van der Waals surface area contributed by atoms with Gasteiger partial charge in [-0.3, -0.25) is 0 Å². The van der Waals surface area contributed by atoms with E-state index in [0.29, 0.717) is 0 Å². The van der Waals surface area contributed by atoms with Gasteiger partial charge in [-0.2, -0.15) is 0 Å². The standard InChI is InChI=1S/C33H32NO.C14H16GeN.Ir/c1-21-16-22(2)32(23(3)17-21)26-12-13-27-28-10-7-11-29(33(28)35-31(27)20-26)30-19-25(14-15-34-30)18-24-8-5-4-6-9-24;1-15(2,3)13-9-10-14(16-11-13)12-7-5-4-6-8-12;/h7,10,12-17,19-20,24H,4-6,8-9,18H2,1-3H3;4-7,9-11H,1-3H3;/q2*-1;. The Bertz CT molecular complexity index is 2260. The summed E-state index contributed by atoms with van der Waals surface area (Å²) in [5.74, 6) is 7.94. The van der Waals surface area contributed by atoms with Crippen LogP contribution in [0.25, 0.3) is 55.6 Å². The molecule has 1 saturated carbocycles. The van der Waals surface area contributed by atoms with E-state index in [1.807, 2.05) is 42.7 Å². The maximum Gasteiger partial charge on any atom is 0 e. The largest absolute Gasteiger partial charge is 0 e. The molecule has 3 heterocycles. The number of aryl methyl sites for hydroxylation is 3. The third kappa shape index (κ3) is 8.52. The Morgan fingerprint density at radius 1 is 0.750 bits per heavy atom. The molecule has 1 radical (unpaired) electrons. The fourth-order valence-electron chi connectivity index (χ4n) is 7.73. The van der Waals surface area contributed by atoms with E-state index in [2.05, 4.69) is 116 Å². The predicted octanol–water partition coefficient (Wildman–Crippen LogP) is 12.3. The number of aromatic nitrogens is 2. The normalized spacial score (nSPS) is 13.4.